The van der Waals surface area contributed by atoms with Crippen LogP contribution in [0.15, 0.2) is 30.3 Å². The molecule has 0 saturated heterocycles. The Kier molecular flexibility index (Phi) is 6.12. The zero-order valence-electron chi connectivity index (χ0n) is 12.3. The quantitative estimate of drug-likeness (QED) is 0.831. The molecule has 0 unspecified atom stereocenters. The van der Waals surface area contributed by atoms with E-state index in [1.165, 1.54) is 11.1 Å². The van der Waals surface area contributed by atoms with Crippen LogP contribution in [0, 0.1) is 13.8 Å². The molecule has 0 spiro atoms. The van der Waals surface area contributed by atoms with Gasteiger partial charge in [0.2, 0.25) is 5.91 Å². The first-order chi connectivity index (χ1) is 10.5. The van der Waals surface area contributed by atoms with Crippen LogP contribution in [-0.2, 0) is 10.5 Å². The predicted octanol–water partition coefficient (Wildman–Crippen LogP) is 4.88. The number of rotatable bonds is 5. The molecule has 6 heteroatoms. The molecule has 1 heterocycles. The molecule has 2 aromatic rings. The standard InChI is InChI=1S/C16H16Cl2N2OS/c1-10-5-3-4-6-12(10)8-22-9-15(21)20-16-14(18)7-13(17)11(2)19-16/h3-7H,8-9H2,1-2H3,(H,19,20,21). The van der Waals surface area contributed by atoms with E-state index in [2.05, 4.69) is 29.4 Å². The van der Waals surface area contributed by atoms with Crippen molar-refractivity contribution in [3.63, 3.8) is 0 Å². The molecule has 0 atom stereocenters. The molecule has 0 fully saturated rings. The van der Waals surface area contributed by atoms with Crippen LogP contribution in [0.3, 0.4) is 0 Å². The minimum absolute atomic E-state index is 0.130. The number of halogens is 2. The van der Waals surface area contributed by atoms with Crippen LogP contribution in [0.2, 0.25) is 10.0 Å². The number of carbonyl (C=O) groups is 1. The van der Waals surface area contributed by atoms with Crippen molar-refractivity contribution in [3.8, 4) is 0 Å². The summed E-state index contributed by atoms with van der Waals surface area (Å²) in [5, 5.41) is 3.54. The van der Waals surface area contributed by atoms with E-state index in [0.717, 1.165) is 5.75 Å². The van der Waals surface area contributed by atoms with Crippen LogP contribution in [0.25, 0.3) is 0 Å². The summed E-state index contributed by atoms with van der Waals surface area (Å²) in [6.45, 7) is 3.83. The molecule has 3 nitrogen and oxygen atoms in total. The van der Waals surface area contributed by atoms with Gasteiger partial charge in [-0.05, 0) is 31.0 Å². The third-order valence-corrected chi connectivity index (χ3v) is 4.77. The lowest BCUT2D eigenvalue weighted by atomic mass is 10.1. The highest BCUT2D eigenvalue weighted by Gasteiger charge is 2.10. The predicted molar refractivity (Wildman–Crippen MR) is 95.0 cm³/mol. The summed E-state index contributed by atoms with van der Waals surface area (Å²) >= 11 is 13.5. The van der Waals surface area contributed by atoms with Crippen LogP contribution >= 0.6 is 35.0 Å². The molecule has 1 N–H and O–H groups in total. The number of nitrogens with zero attached hydrogens (tertiary/aromatic N) is 1. The van der Waals surface area contributed by atoms with Crippen LogP contribution in [0.1, 0.15) is 16.8 Å². The highest BCUT2D eigenvalue weighted by atomic mass is 35.5. The molecular weight excluding hydrogens is 339 g/mol. The summed E-state index contributed by atoms with van der Waals surface area (Å²) in [7, 11) is 0. The third-order valence-electron chi connectivity index (χ3n) is 3.11. The summed E-state index contributed by atoms with van der Waals surface area (Å²) in [6.07, 6.45) is 0. The minimum atomic E-state index is -0.130. The first-order valence-corrected chi connectivity index (χ1v) is 8.63. The second-order valence-corrected chi connectivity index (χ2v) is 6.65. The molecule has 0 aliphatic rings. The molecule has 1 aromatic carbocycles. The summed E-state index contributed by atoms with van der Waals surface area (Å²) < 4.78 is 0. The van der Waals surface area contributed by atoms with Gasteiger partial charge in [0, 0.05) is 5.75 Å². The fourth-order valence-electron chi connectivity index (χ4n) is 1.84. The van der Waals surface area contributed by atoms with E-state index in [1.807, 2.05) is 12.1 Å². The molecule has 2 rings (SSSR count). The van der Waals surface area contributed by atoms with Crippen molar-refractivity contribution in [2.45, 2.75) is 19.6 Å². The Hall–Kier alpha value is -1.23. The summed E-state index contributed by atoms with van der Waals surface area (Å²) in [4.78, 5) is 16.2. The first kappa shape index (κ1) is 17.1. The lowest BCUT2D eigenvalue weighted by molar-refractivity contribution is -0.113. The Bertz CT molecular complexity index is 692. The number of aromatic nitrogens is 1. The fourth-order valence-corrected chi connectivity index (χ4v) is 3.15. The van der Waals surface area contributed by atoms with Gasteiger partial charge in [0.05, 0.1) is 21.5 Å². The number of pyridine rings is 1. The number of carbonyl (C=O) groups excluding carboxylic acids is 1. The molecule has 0 bridgehead atoms. The van der Waals surface area contributed by atoms with E-state index in [1.54, 1.807) is 24.8 Å². The molecule has 0 saturated carbocycles. The molecule has 22 heavy (non-hydrogen) atoms. The van der Waals surface area contributed by atoms with Crippen molar-refractivity contribution in [2.75, 3.05) is 11.1 Å². The number of anilines is 1. The Morgan fingerprint density at radius 3 is 2.68 bits per heavy atom. The maximum Gasteiger partial charge on any atom is 0.235 e. The van der Waals surface area contributed by atoms with Gasteiger partial charge < -0.3 is 5.32 Å². The number of hydrogen-bond acceptors (Lipinski definition) is 3. The number of aryl methyl sites for hydroxylation is 2. The van der Waals surface area contributed by atoms with Crippen LogP contribution in [0.5, 0.6) is 0 Å². The average Bonchev–Trinajstić information content (AvgIpc) is 2.47. The zero-order chi connectivity index (χ0) is 16.1. The van der Waals surface area contributed by atoms with Crippen LogP contribution in [0.4, 0.5) is 5.82 Å². The van der Waals surface area contributed by atoms with Crippen molar-refractivity contribution in [3.05, 3.63) is 57.2 Å². The smallest absolute Gasteiger partial charge is 0.235 e. The lowest BCUT2D eigenvalue weighted by Crippen LogP contribution is -2.16. The maximum absolute atomic E-state index is 12.0. The van der Waals surface area contributed by atoms with Crippen molar-refractivity contribution in [2.24, 2.45) is 0 Å². The van der Waals surface area contributed by atoms with Gasteiger partial charge in [-0.1, -0.05) is 47.5 Å². The van der Waals surface area contributed by atoms with Gasteiger partial charge in [0.1, 0.15) is 0 Å². The highest BCUT2D eigenvalue weighted by Crippen LogP contribution is 2.25. The van der Waals surface area contributed by atoms with Crippen molar-refractivity contribution in [1.29, 1.82) is 0 Å². The van der Waals surface area contributed by atoms with Crippen molar-refractivity contribution < 1.29 is 4.79 Å². The summed E-state index contributed by atoms with van der Waals surface area (Å²) in [5.41, 5.74) is 3.10. The average molecular weight is 355 g/mol. The van der Waals surface area contributed by atoms with E-state index in [9.17, 15) is 4.79 Å². The molecule has 0 aliphatic carbocycles. The highest BCUT2D eigenvalue weighted by molar-refractivity contribution is 7.99. The Morgan fingerprint density at radius 1 is 1.23 bits per heavy atom. The normalized spacial score (nSPS) is 10.5. The number of nitrogens with one attached hydrogen (secondary N) is 1. The van der Waals surface area contributed by atoms with Gasteiger partial charge in [-0.2, -0.15) is 0 Å². The molecule has 0 aliphatic heterocycles. The summed E-state index contributed by atoms with van der Waals surface area (Å²) in [5.74, 6) is 1.36. The number of thioether (sulfide) groups is 1. The summed E-state index contributed by atoms with van der Waals surface area (Å²) in [6, 6.07) is 9.73. The molecule has 1 aromatic heterocycles. The second kappa shape index (κ2) is 7.86. The second-order valence-electron chi connectivity index (χ2n) is 4.85. The van der Waals surface area contributed by atoms with Gasteiger partial charge >= 0.3 is 0 Å². The van der Waals surface area contributed by atoms with Gasteiger partial charge in [-0.15, -0.1) is 11.8 Å². The molecule has 1 amide bonds. The number of amides is 1. The molecule has 116 valence electrons. The van der Waals surface area contributed by atoms with Crippen LogP contribution in [-0.4, -0.2) is 16.6 Å². The lowest BCUT2D eigenvalue weighted by Gasteiger charge is -2.09. The van der Waals surface area contributed by atoms with E-state index in [-0.39, 0.29) is 5.91 Å². The van der Waals surface area contributed by atoms with Crippen molar-refractivity contribution in [1.82, 2.24) is 4.98 Å². The largest absolute Gasteiger partial charge is 0.309 e. The maximum atomic E-state index is 12.0. The van der Waals surface area contributed by atoms with Crippen molar-refractivity contribution >= 4 is 46.7 Å². The van der Waals surface area contributed by atoms with E-state index >= 15 is 0 Å². The molecular formula is C16H16Cl2N2OS. The monoisotopic (exact) mass is 354 g/mol. The van der Waals surface area contributed by atoms with Gasteiger partial charge in [0.25, 0.3) is 0 Å². The Labute approximate surface area is 144 Å². The van der Waals surface area contributed by atoms with Gasteiger partial charge in [-0.3, -0.25) is 4.79 Å². The molecule has 0 radical (unpaired) electrons. The fraction of sp³-hybridized carbons (Fsp3) is 0.250. The SMILES string of the molecule is Cc1ccccc1CSCC(=O)Nc1nc(C)c(Cl)cc1Cl. The minimum Gasteiger partial charge on any atom is -0.309 e. The third kappa shape index (κ3) is 4.63. The first-order valence-electron chi connectivity index (χ1n) is 6.72. The van der Waals surface area contributed by atoms with Crippen LogP contribution < -0.4 is 5.32 Å². The number of benzene rings is 1. The Balaban J connectivity index is 1.89. The van der Waals surface area contributed by atoms with E-state index < -0.39 is 0 Å². The Morgan fingerprint density at radius 2 is 1.95 bits per heavy atom. The zero-order valence-corrected chi connectivity index (χ0v) is 14.6. The van der Waals surface area contributed by atoms with Gasteiger partial charge in [0.15, 0.2) is 5.82 Å². The van der Waals surface area contributed by atoms with E-state index in [4.69, 9.17) is 23.2 Å². The van der Waals surface area contributed by atoms with Gasteiger partial charge in [-0.25, -0.2) is 4.98 Å². The topological polar surface area (TPSA) is 42.0 Å². The van der Waals surface area contributed by atoms with E-state index in [0.29, 0.717) is 27.3 Å². The number of hydrogen-bond donors (Lipinski definition) is 1.